The van der Waals surface area contributed by atoms with E-state index in [0.29, 0.717) is 0 Å². The first-order valence-electron chi connectivity index (χ1n) is 0.408. The van der Waals surface area contributed by atoms with E-state index < -0.39 is 27.8 Å². The topological polar surface area (TPSA) is 34.1 Å². The predicted octanol–water partition coefficient (Wildman–Crippen LogP) is -24.2. The Hall–Kier alpha value is 4.02. The van der Waals surface area contributed by atoms with Crippen LogP contribution in [0.2, 0.25) is 0 Å². The Morgan fingerprint density at radius 3 is 0.500 bits per heavy atom. The van der Waals surface area contributed by atoms with Crippen LogP contribution in [0.3, 0.4) is 0 Å². The van der Waals surface area contributed by atoms with Gasteiger partial charge in [0, 0.05) is 31.1 Å². The van der Waals surface area contributed by atoms with Gasteiger partial charge in [0.25, 0.3) is 0 Å². The largest absolute Gasteiger partial charge is 0 e. The summed E-state index contributed by atoms with van der Waals surface area (Å²) in [6.45, 7) is 0. The molecule has 0 aliphatic rings. The molecule has 82 valence electrons. The molecule has 0 bridgehead atoms. The van der Waals surface area contributed by atoms with E-state index in [1.807, 2.05) is 0 Å². The molecule has 0 rings (SSSR count). The molecule has 0 radical (unpaired) electrons. The van der Waals surface area contributed by atoms with Gasteiger partial charge in [-0.1, -0.05) is 0 Å². The first kappa shape index (κ1) is 99.7. The molecular formula is Cl8O2U2-6. The van der Waals surface area contributed by atoms with Gasteiger partial charge in [-0.15, -0.1) is 0 Å². The molecule has 0 aliphatic carbocycles. The molecule has 0 unspecified atom stereocenters. The first-order valence-corrected chi connectivity index (χ1v) is 3.81. The van der Waals surface area contributed by atoms with Crippen LogP contribution < -0.4 is 99.3 Å². The molecule has 0 aromatic rings. The number of hydrogen-bond acceptors (Lipinski definition) is 2. The summed E-state index contributed by atoms with van der Waals surface area (Å²) in [6, 6.07) is 0. The number of rotatable bonds is 0. The summed E-state index contributed by atoms with van der Waals surface area (Å²) in [5.74, 6) is 0. The standard InChI is InChI=1S/8ClH.2O.2U/h8*1H;;;;/q;;;;;;;;;;;+2/p-8. The summed E-state index contributed by atoms with van der Waals surface area (Å²) in [5.41, 5.74) is 0. The van der Waals surface area contributed by atoms with Crippen LogP contribution in [0.5, 0.6) is 0 Å². The quantitative estimate of drug-likeness (QED) is 0.245. The van der Waals surface area contributed by atoms with Crippen LogP contribution in [0, 0.1) is 58.9 Å². The predicted molar refractivity (Wildman–Crippen MR) is 1.37 cm³/mol. The zero-order valence-electron chi connectivity index (χ0n) is 4.84. The molecule has 0 aromatic heterocycles. The summed E-state index contributed by atoms with van der Waals surface area (Å²) in [4.78, 5) is 0. The van der Waals surface area contributed by atoms with Crippen molar-refractivity contribution in [1.82, 2.24) is 0 Å². The number of hydrogen-bond donors (Lipinski definition) is 0. The molecule has 0 atom stereocenters. The molecule has 0 saturated heterocycles. The summed E-state index contributed by atoms with van der Waals surface area (Å²) in [5, 5.41) is 0. The fourth-order valence-electron chi connectivity index (χ4n) is 0. The fourth-order valence-corrected chi connectivity index (χ4v) is 0. The molecule has 0 N–H and O–H groups in total. The van der Waals surface area contributed by atoms with Crippen molar-refractivity contribution < 1.29 is 163 Å². The van der Waals surface area contributed by atoms with Gasteiger partial charge in [0.05, 0.1) is 0 Å². The van der Waals surface area contributed by atoms with Crippen LogP contribution >= 0.6 is 0 Å². The SMILES string of the molecule is [Cl-].[Cl-].[Cl-].[Cl-].[Cl-].[Cl-].[Cl-].[Cl-].[O]=[U+2]=[O].[U]. The molecule has 0 fully saturated rings. The summed E-state index contributed by atoms with van der Waals surface area (Å²) < 4.78 is 17.2. The van der Waals surface area contributed by atoms with Crippen molar-refractivity contribution in [2.75, 3.05) is 0 Å². The maximum Gasteiger partial charge on any atom is 0 e. The molecular weight excluding hydrogens is 792 g/mol. The molecule has 2 nitrogen and oxygen atoms in total. The minimum Gasteiger partial charge on any atom is 0 e. The van der Waals surface area contributed by atoms with Gasteiger partial charge in [-0.25, -0.2) is 0 Å². The van der Waals surface area contributed by atoms with Gasteiger partial charge < -0.3 is 99.3 Å². The molecule has 12 heteroatoms. The first-order chi connectivity index (χ1) is 1.41. The minimum atomic E-state index is -2.51. The van der Waals surface area contributed by atoms with Gasteiger partial charge in [-0.05, 0) is 0 Å². The fraction of sp³-hybridized carbons (Fsp3) is 0. The maximum absolute atomic E-state index is 8.58. The van der Waals surface area contributed by atoms with E-state index >= 15 is 0 Å². The monoisotopic (exact) mass is 788 g/mol. The zero-order chi connectivity index (χ0) is 2.71. The Labute approximate surface area is 160 Å². The van der Waals surface area contributed by atoms with Gasteiger partial charge in [-0.2, -0.15) is 0 Å². The molecule has 0 amide bonds. The Morgan fingerprint density at radius 2 is 0.500 bits per heavy atom. The van der Waals surface area contributed by atoms with E-state index in [0.717, 1.165) is 0 Å². The van der Waals surface area contributed by atoms with E-state index in [1.54, 1.807) is 0 Å². The second-order valence-corrected chi connectivity index (χ2v) is 0.777. The molecule has 0 spiro atoms. The van der Waals surface area contributed by atoms with Crippen LogP contribution in [-0.4, -0.2) is 0 Å². The molecule has 0 aliphatic heterocycles. The molecule has 0 aromatic carbocycles. The van der Waals surface area contributed by atoms with E-state index in [4.69, 9.17) is 4.47 Å². The van der Waals surface area contributed by atoms with Crippen molar-refractivity contribution in [1.29, 1.82) is 0 Å². The van der Waals surface area contributed by atoms with Gasteiger partial charge in [0.15, 0.2) is 0 Å². The second kappa shape index (κ2) is 117. The summed E-state index contributed by atoms with van der Waals surface area (Å²) in [6.07, 6.45) is 0. The van der Waals surface area contributed by atoms with Crippen LogP contribution in [0.25, 0.3) is 0 Å². The normalized spacial score (nSPS) is 0.667. The Balaban J connectivity index is -0.000000000556. The van der Waals surface area contributed by atoms with Crippen molar-refractivity contribution in [3.8, 4) is 0 Å². The van der Waals surface area contributed by atoms with E-state index in [2.05, 4.69) is 0 Å². The Morgan fingerprint density at radius 1 is 0.500 bits per heavy atom. The van der Waals surface area contributed by atoms with Crippen molar-refractivity contribution in [2.45, 2.75) is 0 Å². The minimum absolute atomic E-state index is 0. The summed E-state index contributed by atoms with van der Waals surface area (Å²) >= 11 is -2.51. The maximum atomic E-state index is 8.58. The van der Waals surface area contributed by atoms with Gasteiger partial charge in [0.1, 0.15) is 0 Å². The smallest absolute Gasteiger partial charge is 0 e. The van der Waals surface area contributed by atoms with Gasteiger partial charge in [-0.3, -0.25) is 0 Å². The van der Waals surface area contributed by atoms with Crippen molar-refractivity contribution in [2.24, 2.45) is 0 Å². The van der Waals surface area contributed by atoms with Crippen LogP contribution in [0.15, 0.2) is 0 Å². The van der Waals surface area contributed by atoms with Crippen LogP contribution in [0.4, 0.5) is 0 Å². The molecule has 0 heterocycles. The van der Waals surface area contributed by atoms with Crippen molar-refractivity contribution in [3.63, 3.8) is 0 Å². The van der Waals surface area contributed by atoms with E-state index in [1.165, 1.54) is 0 Å². The third kappa shape index (κ3) is 147. The van der Waals surface area contributed by atoms with E-state index in [-0.39, 0.29) is 130 Å². The van der Waals surface area contributed by atoms with Gasteiger partial charge >= 0.3 is 32.3 Å². The van der Waals surface area contributed by atoms with Crippen molar-refractivity contribution in [3.05, 3.63) is 0 Å². The average Bonchev–Trinajstić information content (AvgIpc) is 0.918. The number of halogens is 8. The van der Waals surface area contributed by atoms with Crippen LogP contribution in [0.1, 0.15) is 0 Å². The Bertz CT molecular complexity index is 36.0. The van der Waals surface area contributed by atoms with E-state index in [9.17, 15) is 0 Å². The van der Waals surface area contributed by atoms with Crippen LogP contribution in [-0.2, 0) is 4.47 Å². The average molecular weight is 792 g/mol. The third-order valence-electron chi connectivity index (χ3n) is 0. The van der Waals surface area contributed by atoms with Crippen molar-refractivity contribution >= 4 is 0 Å². The molecule has 12 heavy (non-hydrogen) atoms. The second-order valence-electron chi connectivity index (χ2n) is 0.0833. The zero-order valence-corrected chi connectivity index (χ0v) is 19.2. The van der Waals surface area contributed by atoms with Gasteiger partial charge in [0.2, 0.25) is 0 Å². The third-order valence-corrected chi connectivity index (χ3v) is 0. The summed E-state index contributed by atoms with van der Waals surface area (Å²) in [7, 11) is 0. The molecule has 0 saturated carbocycles. The Kier molecular flexibility index (Phi) is 972.